The summed E-state index contributed by atoms with van der Waals surface area (Å²) in [6, 6.07) is 15.3. The van der Waals surface area contributed by atoms with Crippen LogP contribution in [0.4, 0.5) is 17.5 Å². The quantitative estimate of drug-likeness (QED) is 0.438. The largest absolute Gasteiger partial charge is 0.370 e. The lowest BCUT2D eigenvalue weighted by Gasteiger charge is -2.11. The van der Waals surface area contributed by atoms with E-state index in [1.54, 1.807) is 0 Å². The van der Waals surface area contributed by atoms with E-state index in [-0.39, 0.29) is 5.95 Å². The molecule has 7 heteroatoms. The van der Waals surface area contributed by atoms with Crippen LogP contribution in [0.15, 0.2) is 48.5 Å². The van der Waals surface area contributed by atoms with Crippen molar-refractivity contribution in [2.24, 2.45) is 0 Å². The summed E-state index contributed by atoms with van der Waals surface area (Å²) in [6.07, 6.45) is 2.71. The summed E-state index contributed by atoms with van der Waals surface area (Å²) in [7, 11) is 0. The lowest BCUT2D eigenvalue weighted by Crippen LogP contribution is -2.08. The zero-order valence-corrected chi connectivity index (χ0v) is 15.6. The van der Waals surface area contributed by atoms with E-state index in [2.05, 4.69) is 20.6 Å². The Balaban J connectivity index is 1.70. The fourth-order valence-corrected chi connectivity index (χ4v) is 2.91. The van der Waals surface area contributed by atoms with Crippen molar-refractivity contribution in [1.82, 2.24) is 9.97 Å². The van der Waals surface area contributed by atoms with E-state index in [9.17, 15) is 0 Å². The molecule has 0 amide bonds. The van der Waals surface area contributed by atoms with Crippen LogP contribution >= 0.6 is 11.6 Å². The molecule has 0 atom stereocenters. The number of rotatable bonds is 6. The van der Waals surface area contributed by atoms with Gasteiger partial charge in [0.2, 0.25) is 5.95 Å². The van der Waals surface area contributed by atoms with Gasteiger partial charge in [0.15, 0.2) is 6.19 Å². The Hall–Kier alpha value is -3.30. The molecule has 0 bridgehead atoms. The number of nitrogens with one attached hydrogen (secondary N) is 2. The number of anilines is 3. The maximum Gasteiger partial charge on any atom is 0.222 e. The standard InChI is InChI=1S/C20H19ClN6/c1-13-16(3-2-4-17(13)21)18-11-19(27-20(23)26-18)24-10-9-14-5-7-15(8-6-14)25-12-22/h2-8,11,25H,9-10H2,1H3,(H3,23,24,26,27). The third-order valence-corrected chi connectivity index (χ3v) is 4.57. The van der Waals surface area contributed by atoms with Crippen molar-refractivity contribution in [3.63, 3.8) is 0 Å². The first-order valence-electron chi connectivity index (χ1n) is 8.45. The van der Waals surface area contributed by atoms with E-state index in [4.69, 9.17) is 22.6 Å². The summed E-state index contributed by atoms with van der Waals surface area (Å²) in [5, 5.41) is 15.2. The molecule has 0 saturated carbocycles. The van der Waals surface area contributed by atoms with Crippen molar-refractivity contribution in [1.29, 1.82) is 5.26 Å². The maximum absolute atomic E-state index is 8.62. The Morgan fingerprint density at radius 2 is 1.93 bits per heavy atom. The SMILES string of the molecule is Cc1c(Cl)cccc1-c1cc(NCCc2ccc(NC#N)cc2)nc(N)n1. The van der Waals surface area contributed by atoms with E-state index in [1.165, 1.54) is 0 Å². The molecule has 0 unspecified atom stereocenters. The van der Waals surface area contributed by atoms with Crippen LogP contribution in [0.25, 0.3) is 11.3 Å². The molecule has 3 aromatic rings. The number of benzene rings is 2. The molecule has 0 aliphatic carbocycles. The maximum atomic E-state index is 8.62. The minimum atomic E-state index is 0.210. The number of nitriles is 1. The summed E-state index contributed by atoms with van der Waals surface area (Å²) in [4.78, 5) is 8.59. The van der Waals surface area contributed by atoms with Crippen LogP contribution in [0.5, 0.6) is 0 Å². The predicted molar refractivity (Wildman–Crippen MR) is 109 cm³/mol. The summed E-state index contributed by atoms with van der Waals surface area (Å²) in [5.41, 5.74) is 10.4. The lowest BCUT2D eigenvalue weighted by atomic mass is 10.1. The van der Waals surface area contributed by atoms with Crippen LogP contribution in [-0.4, -0.2) is 16.5 Å². The predicted octanol–water partition coefficient (Wildman–Crippen LogP) is 4.24. The Labute approximate surface area is 163 Å². The fraction of sp³-hybridized carbons (Fsp3) is 0.150. The first kappa shape index (κ1) is 18.5. The van der Waals surface area contributed by atoms with E-state index in [1.807, 2.05) is 61.6 Å². The number of nitrogen functional groups attached to an aromatic ring is 1. The van der Waals surface area contributed by atoms with Gasteiger partial charge < -0.3 is 11.1 Å². The molecular weight excluding hydrogens is 360 g/mol. The minimum Gasteiger partial charge on any atom is -0.370 e. The van der Waals surface area contributed by atoms with Crippen molar-refractivity contribution in [2.75, 3.05) is 22.9 Å². The summed E-state index contributed by atoms with van der Waals surface area (Å²) >= 11 is 6.21. The van der Waals surface area contributed by atoms with E-state index >= 15 is 0 Å². The van der Waals surface area contributed by atoms with Gasteiger partial charge in [0.05, 0.1) is 5.69 Å². The van der Waals surface area contributed by atoms with Gasteiger partial charge in [0.1, 0.15) is 5.82 Å². The number of aromatic nitrogens is 2. The molecule has 0 fully saturated rings. The molecule has 0 radical (unpaired) electrons. The Morgan fingerprint density at radius 1 is 1.15 bits per heavy atom. The molecule has 0 aliphatic heterocycles. The van der Waals surface area contributed by atoms with Gasteiger partial charge in [-0.05, 0) is 42.7 Å². The molecule has 3 rings (SSSR count). The third-order valence-electron chi connectivity index (χ3n) is 4.16. The lowest BCUT2D eigenvalue weighted by molar-refractivity contribution is 1.00. The van der Waals surface area contributed by atoms with Crippen LogP contribution < -0.4 is 16.4 Å². The highest BCUT2D eigenvalue weighted by Gasteiger charge is 2.09. The molecule has 1 heterocycles. The average Bonchev–Trinajstić information content (AvgIpc) is 2.65. The molecular formula is C20H19ClN6. The average molecular weight is 379 g/mol. The highest BCUT2D eigenvalue weighted by atomic mass is 35.5. The summed E-state index contributed by atoms with van der Waals surface area (Å²) < 4.78 is 0. The van der Waals surface area contributed by atoms with Gasteiger partial charge in [-0.2, -0.15) is 10.2 Å². The van der Waals surface area contributed by atoms with Crippen LogP contribution in [0.2, 0.25) is 5.02 Å². The third kappa shape index (κ3) is 4.66. The van der Waals surface area contributed by atoms with Crippen molar-refractivity contribution >= 4 is 29.1 Å². The second kappa shape index (κ2) is 8.39. The van der Waals surface area contributed by atoms with Gasteiger partial charge in [-0.3, -0.25) is 5.32 Å². The van der Waals surface area contributed by atoms with Crippen LogP contribution in [0, 0.1) is 18.4 Å². The molecule has 2 aromatic carbocycles. The number of nitrogens with two attached hydrogens (primary N) is 1. The first-order valence-corrected chi connectivity index (χ1v) is 8.82. The van der Waals surface area contributed by atoms with Crippen LogP contribution in [0.1, 0.15) is 11.1 Å². The normalized spacial score (nSPS) is 10.3. The van der Waals surface area contributed by atoms with Gasteiger partial charge in [-0.1, -0.05) is 35.9 Å². The monoisotopic (exact) mass is 378 g/mol. The molecule has 4 N–H and O–H groups in total. The Bertz CT molecular complexity index is 979. The molecule has 27 heavy (non-hydrogen) atoms. The first-order chi connectivity index (χ1) is 13.1. The van der Waals surface area contributed by atoms with E-state index in [0.717, 1.165) is 34.5 Å². The summed E-state index contributed by atoms with van der Waals surface area (Å²) in [6.45, 7) is 2.64. The topological polar surface area (TPSA) is 99.6 Å². The van der Waals surface area contributed by atoms with Gasteiger partial charge >= 0.3 is 0 Å². The number of nitrogens with zero attached hydrogens (tertiary/aromatic N) is 3. The number of hydrogen-bond acceptors (Lipinski definition) is 6. The van der Waals surface area contributed by atoms with E-state index < -0.39 is 0 Å². The highest BCUT2D eigenvalue weighted by molar-refractivity contribution is 6.31. The number of hydrogen-bond donors (Lipinski definition) is 3. The van der Waals surface area contributed by atoms with Crippen molar-refractivity contribution in [3.05, 3.63) is 64.7 Å². The Morgan fingerprint density at radius 3 is 2.67 bits per heavy atom. The molecule has 6 nitrogen and oxygen atoms in total. The van der Waals surface area contributed by atoms with Gasteiger partial charge in [-0.15, -0.1) is 0 Å². The van der Waals surface area contributed by atoms with Crippen molar-refractivity contribution < 1.29 is 0 Å². The van der Waals surface area contributed by atoms with Crippen molar-refractivity contribution in [3.8, 4) is 17.5 Å². The fourth-order valence-electron chi connectivity index (χ4n) is 2.73. The zero-order valence-electron chi connectivity index (χ0n) is 14.8. The van der Waals surface area contributed by atoms with Gasteiger partial charge in [0.25, 0.3) is 0 Å². The molecule has 1 aromatic heterocycles. The molecule has 0 aliphatic rings. The van der Waals surface area contributed by atoms with E-state index in [0.29, 0.717) is 17.4 Å². The Kier molecular flexibility index (Phi) is 5.74. The summed E-state index contributed by atoms with van der Waals surface area (Å²) in [5.74, 6) is 0.876. The zero-order chi connectivity index (χ0) is 19.2. The van der Waals surface area contributed by atoms with Gasteiger partial charge in [-0.25, -0.2) is 4.98 Å². The minimum absolute atomic E-state index is 0.210. The van der Waals surface area contributed by atoms with Gasteiger partial charge in [0, 0.05) is 28.9 Å². The molecule has 0 saturated heterocycles. The molecule has 136 valence electrons. The smallest absolute Gasteiger partial charge is 0.222 e. The highest BCUT2D eigenvalue weighted by Crippen LogP contribution is 2.28. The van der Waals surface area contributed by atoms with Crippen LogP contribution in [-0.2, 0) is 6.42 Å². The van der Waals surface area contributed by atoms with Crippen LogP contribution in [0.3, 0.4) is 0 Å². The number of halogens is 1. The van der Waals surface area contributed by atoms with Crippen molar-refractivity contribution in [2.45, 2.75) is 13.3 Å². The molecule has 0 spiro atoms. The second-order valence-corrected chi connectivity index (χ2v) is 6.43. The second-order valence-electron chi connectivity index (χ2n) is 6.02.